The first kappa shape index (κ1) is 16.6. The summed E-state index contributed by atoms with van der Waals surface area (Å²) in [6, 6.07) is 9.06. The van der Waals surface area contributed by atoms with Crippen LogP contribution in [-0.2, 0) is 35.1 Å². The predicted octanol–water partition coefficient (Wildman–Crippen LogP) is 2.33. The fraction of sp³-hybridized carbons (Fsp3) is 0.471. The minimum atomic E-state index is -1.13. The summed E-state index contributed by atoms with van der Waals surface area (Å²) in [6.07, 6.45) is -0.906. The molecule has 2 aliphatic rings. The molecule has 128 valence electrons. The fourth-order valence-electron chi connectivity index (χ4n) is 2.89. The van der Waals surface area contributed by atoms with Crippen LogP contribution >= 0.6 is 0 Å². The third kappa shape index (κ3) is 3.47. The fourth-order valence-corrected chi connectivity index (χ4v) is 2.89. The Bertz CT molecular complexity index is 611. The second-order valence-electron chi connectivity index (χ2n) is 5.89. The number of benzene rings is 1. The van der Waals surface area contributed by atoms with E-state index in [4.69, 9.17) is 18.9 Å². The molecule has 3 rings (SSSR count). The Morgan fingerprint density at radius 3 is 2.38 bits per heavy atom. The number of hydrogen-bond donors (Lipinski definition) is 0. The van der Waals surface area contributed by atoms with Crippen molar-refractivity contribution in [3.8, 4) is 0 Å². The van der Waals surface area contributed by atoms with E-state index in [1.807, 2.05) is 18.2 Å². The molecule has 2 fully saturated rings. The zero-order chi connectivity index (χ0) is 17.0. The van der Waals surface area contributed by atoms with E-state index in [0.29, 0.717) is 0 Å². The molecule has 1 aromatic carbocycles. The molecule has 0 radical (unpaired) electrons. The highest BCUT2D eigenvalue weighted by atomic mass is 16.9. The quantitative estimate of drug-likeness (QED) is 0.617. The van der Waals surface area contributed by atoms with Crippen LogP contribution in [0.4, 0.5) is 4.79 Å². The molecule has 1 aliphatic heterocycles. The van der Waals surface area contributed by atoms with Gasteiger partial charge in [-0.2, -0.15) is 0 Å². The topological polar surface area (TPSA) is 88.1 Å². The molecule has 0 unspecified atom stereocenters. The molecule has 1 saturated carbocycles. The molecule has 0 aromatic heterocycles. The summed E-state index contributed by atoms with van der Waals surface area (Å²) in [5, 5.41) is 0. The van der Waals surface area contributed by atoms with Gasteiger partial charge in [0.05, 0.1) is 0 Å². The maximum Gasteiger partial charge on any atom is 0.516 e. The van der Waals surface area contributed by atoms with Crippen LogP contribution in [0.1, 0.15) is 31.2 Å². The molecule has 0 spiro atoms. The molecule has 1 aromatic rings. The van der Waals surface area contributed by atoms with Gasteiger partial charge in [0.2, 0.25) is 0 Å². The average Bonchev–Trinajstić information content (AvgIpc) is 2.54. The van der Waals surface area contributed by atoms with Crippen molar-refractivity contribution in [2.45, 2.75) is 38.6 Å². The van der Waals surface area contributed by atoms with Crippen LogP contribution in [0.2, 0.25) is 0 Å². The molecule has 0 N–H and O–H groups in total. The highest BCUT2D eigenvalue weighted by molar-refractivity contribution is 5.89. The van der Waals surface area contributed by atoms with Crippen molar-refractivity contribution in [3.05, 3.63) is 35.9 Å². The van der Waals surface area contributed by atoms with Crippen molar-refractivity contribution in [3.63, 3.8) is 0 Å². The molecule has 1 saturated heterocycles. The summed E-state index contributed by atoms with van der Waals surface area (Å²) < 4.78 is 20.3. The normalized spacial score (nSPS) is 20.1. The smallest absolute Gasteiger partial charge is 0.429 e. The van der Waals surface area contributed by atoms with Gasteiger partial charge in [-0.25, -0.2) is 4.79 Å². The van der Waals surface area contributed by atoms with Gasteiger partial charge < -0.3 is 18.9 Å². The van der Waals surface area contributed by atoms with E-state index < -0.39 is 23.8 Å². The molecule has 7 heteroatoms. The average molecular weight is 334 g/mol. The van der Waals surface area contributed by atoms with Crippen LogP contribution in [0.15, 0.2) is 30.3 Å². The Labute approximate surface area is 138 Å². The summed E-state index contributed by atoms with van der Waals surface area (Å²) in [5.74, 6) is -0.692. The van der Waals surface area contributed by atoms with Gasteiger partial charge in [-0.3, -0.25) is 9.59 Å². The summed E-state index contributed by atoms with van der Waals surface area (Å²) in [7, 11) is 0. The molecule has 24 heavy (non-hydrogen) atoms. The lowest BCUT2D eigenvalue weighted by Gasteiger charge is -2.43. The van der Waals surface area contributed by atoms with Gasteiger partial charge in [0.25, 0.3) is 0 Å². The lowest BCUT2D eigenvalue weighted by atomic mass is 9.72. The molecule has 1 heterocycles. The molecule has 0 amide bonds. The first-order chi connectivity index (χ1) is 11.6. The maximum atomic E-state index is 12.5. The zero-order valence-electron chi connectivity index (χ0n) is 13.1. The van der Waals surface area contributed by atoms with Crippen LogP contribution < -0.4 is 0 Å². The summed E-state index contributed by atoms with van der Waals surface area (Å²) in [6.45, 7) is 0.0982. The van der Waals surface area contributed by atoms with E-state index in [0.717, 1.165) is 5.56 Å². The van der Waals surface area contributed by atoms with Crippen LogP contribution in [-0.4, -0.2) is 31.0 Å². The van der Waals surface area contributed by atoms with Gasteiger partial charge in [-0.15, -0.1) is 0 Å². The molecular formula is C17H18O7. The monoisotopic (exact) mass is 334 g/mol. The van der Waals surface area contributed by atoms with E-state index in [1.165, 1.54) is 0 Å². The first-order valence-electron chi connectivity index (χ1n) is 7.78. The van der Waals surface area contributed by atoms with Gasteiger partial charge in [0, 0.05) is 12.8 Å². The Kier molecular flexibility index (Phi) is 4.92. The molecule has 0 bridgehead atoms. The van der Waals surface area contributed by atoms with Crippen molar-refractivity contribution < 1.29 is 33.3 Å². The van der Waals surface area contributed by atoms with Gasteiger partial charge >= 0.3 is 12.1 Å². The summed E-state index contributed by atoms with van der Waals surface area (Å²) in [4.78, 5) is 35.7. The van der Waals surface area contributed by atoms with E-state index in [9.17, 15) is 14.4 Å². The lowest BCUT2D eigenvalue weighted by molar-refractivity contribution is -0.360. The van der Waals surface area contributed by atoms with Crippen molar-refractivity contribution in [1.29, 1.82) is 0 Å². The Hall–Kier alpha value is -2.25. The number of esters is 1. The van der Waals surface area contributed by atoms with E-state index in [-0.39, 0.29) is 44.9 Å². The Morgan fingerprint density at radius 2 is 1.79 bits per heavy atom. The van der Waals surface area contributed by atoms with Crippen LogP contribution in [0.3, 0.4) is 0 Å². The summed E-state index contributed by atoms with van der Waals surface area (Å²) in [5.41, 5.74) is -0.344. The highest BCUT2D eigenvalue weighted by Crippen LogP contribution is 2.43. The van der Waals surface area contributed by atoms with Gasteiger partial charge in [-0.1, -0.05) is 30.3 Å². The minimum Gasteiger partial charge on any atom is -0.429 e. The Morgan fingerprint density at radius 1 is 1.12 bits per heavy atom. The number of rotatable bonds is 4. The van der Waals surface area contributed by atoms with Crippen molar-refractivity contribution >= 4 is 17.9 Å². The number of carbonyl (C=O) groups is 3. The second kappa shape index (κ2) is 7.11. The van der Waals surface area contributed by atoms with Crippen LogP contribution in [0.25, 0.3) is 0 Å². The van der Waals surface area contributed by atoms with Gasteiger partial charge in [0.1, 0.15) is 17.8 Å². The SMILES string of the molecule is O=C1CCC(C(=O)OC(=O)OCc2ccccc2)(C2OCO2)CC1. The largest absolute Gasteiger partial charge is 0.516 e. The third-order valence-electron chi connectivity index (χ3n) is 4.37. The number of carbonyl (C=O) groups excluding carboxylic acids is 3. The maximum absolute atomic E-state index is 12.5. The van der Waals surface area contributed by atoms with Crippen molar-refractivity contribution in [2.75, 3.05) is 6.79 Å². The molecular weight excluding hydrogens is 316 g/mol. The predicted molar refractivity (Wildman–Crippen MR) is 79.5 cm³/mol. The van der Waals surface area contributed by atoms with Crippen LogP contribution in [0.5, 0.6) is 0 Å². The molecule has 1 aliphatic carbocycles. The zero-order valence-corrected chi connectivity index (χ0v) is 13.1. The number of ether oxygens (including phenoxy) is 4. The Balaban J connectivity index is 1.59. The van der Waals surface area contributed by atoms with E-state index in [2.05, 4.69) is 0 Å². The van der Waals surface area contributed by atoms with Gasteiger partial charge in [-0.05, 0) is 18.4 Å². The first-order valence-corrected chi connectivity index (χ1v) is 7.78. The second-order valence-corrected chi connectivity index (χ2v) is 5.89. The van der Waals surface area contributed by atoms with Crippen molar-refractivity contribution in [1.82, 2.24) is 0 Å². The van der Waals surface area contributed by atoms with Gasteiger partial charge in [0.15, 0.2) is 13.1 Å². The number of ketones is 1. The lowest BCUT2D eigenvalue weighted by Crippen LogP contribution is -2.54. The van der Waals surface area contributed by atoms with Crippen molar-refractivity contribution in [2.24, 2.45) is 5.41 Å². The molecule has 7 nitrogen and oxygen atoms in total. The van der Waals surface area contributed by atoms with Crippen LogP contribution in [0, 0.1) is 5.41 Å². The van der Waals surface area contributed by atoms with E-state index in [1.54, 1.807) is 12.1 Å². The molecule has 0 atom stereocenters. The number of hydrogen-bond acceptors (Lipinski definition) is 7. The summed E-state index contributed by atoms with van der Waals surface area (Å²) >= 11 is 0. The third-order valence-corrected chi connectivity index (χ3v) is 4.37. The minimum absolute atomic E-state index is 0.00880. The van der Waals surface area contributed by atoms with E-state index >= 15 is 0 Å². The number of Topliss-reactive ketones (excluding diaryl/α,β-unsaturated/α-hetero) is 1. The highest BCUT2D eigenvalue weighted by Gasteiger charge is 2.54. The standard InChI is InChI=1S/C17H18O7/c18-13-6-8-17(9-7-13,15-22-11-23-15)14(19)24-16(20)21-10-12-4-2-1-3-5-12/h1-5,15H,6-11H2.